The van der Waals surface area contributed by atoms with Crippen LogP contribution in [0.15, 0.2) is 12.4 Å². The van der Waals surface area contributed by atoms with Crippen LogP contribution in [0.25, 0.3) is 0 Å². The van der Waals surface area contributed by atoms with Gasteiger partial charge in [-0.25, -0.2) is 9.13 Å². The summed E-state index contributed by atoms with van der Waals surface area (Å²) in [6, 6.07) is 0. The maximum absolute atomic E-state index is 2.38. The van der Waals surface area contributed by atoms with Crippen LogP contribution >= 0.6 is 0 Å². The molecule has 0 fully saturated rings. The van der Waals surface area contributed by atoms with Gasteiger partial charge in [0.25, 0.3) is 5.82 Å². The lowest BCUT2D eigenvalue weighted by molar-refractivity contribution is -0.700. The average Bonchev–Trinajstić information content (AvgIpc) is 2.71. The van der Waals surface area contributed by atoms with Crippen molar-refractivity contribution in [2.24, 2.45) is 0 Å². The summed E-state index contributed by atoms with van der Waals surface area (Å²) in [4.78, 5) is 0. The summed E-state index contributed by atoms with van der Waals surface area (Å²) < 4.78 is 4.76. The molecule has 92 valence electrons. The van der Waals surface area contributed by atoms with Crippen LogP contribution in [-0.4, -0.2) is 4.57 Å². The van der Waals surface area contributed by atoms with Crippen LogP contribution in [-0.2, 0) is 19.5 Å². The number of unbranched alkanes of at least 4 members (excludes halogenated alkanes) is 4. The first-order valence-corrected chi connectivity index (χ1v) is 6.90. The number of rotatable bonds is 8. The second-order valence-corrected chi connectivity index (χ2v) is 4.45. The van der Waals surface area contributed by atoms with Crippen molar-refractivity contribution in [1.29, 1.82) is 0 Å². The molecule has 0 unspecified atom stereocenters. The van der Waals surface area contributed by atoms with Gasteiger partial charge in [0.1, 0.15) is 12.4 Å². The van der Waals surface area contributed by atoms with Crippen LogP contribution in [0.5, 0.6) is 0 Å². The Morgan fingerprint density at radius 2 is 1.81 bits per heavy atom. The molecule has 16 heavy (non-hydrogen) atoms. The van der Waals surface area contributed by atoms with E-state index < -0.39 is 0 Å². The third kappa shape index (κ3) is 3.66. The van der Waals surface area contributed by atoms with Crippen LogP contribution in [0.2, 0.25) is 0 Å². The molecule has 0 bridgehead atoms. The molecule has 1 aromatic rings. The third-order valence-electron chi connectivity index (χ3n) is 3.27. The first kappa shape index (κ1) is 13.3. The van der Waals surface area contributed by atoms with Crippen LogP contribution in [0.3, 0.4) is 0 Å². The summed E-state index contributed by atoms with van der Waals surface area (Å²) in [5.74, 6) is 1.50. The third-order valence-corrected chi connectivity index (χ3v) is 3.27. The summed E-state index contributed by atoms with van der Waals surface area (Å²) in [6.45, 7) is 8.91. The van der Waals surface area contributed by atoms with Crippen molar-refractivity contribution in [3.63, 3.8) is 0 Å². The number of nitrogens with zero attached hydrogens (tertiary/aromatic N) is 2. The maximum Gasteiger partial charge on any atom is 0.256 e. The Labute approximate surface area is 100 Å². The summed E-state index contributed by atoms with van der Waals surface area (Å²) in [5, 5.41) is 0. The fraction of sp³-hybridized carbons (Fsp3) is 0.786. The second-order valence-electron chi connectivity index (χ2n) is 4.45. The Hall–Kier alpha value is -0.790. The first-order valence-electron chi connectivity index (χ1n) is 6.90. The van der Waals surface area contributed by atoms with E-state index in [1.165, 1.54) is 44.3 Å². The Balaban J connectivity index is 2.41. The highest BCUT2D eigenvalue weighted by atomic mass is 15.1. The van der Waals surface area contributed by atoms with E-state index in [-0.39, 0.29) is 0 Å². The minimum atomic E-state index is 1.09. The zero-order valence-electron chi connectivity index (χ0n) is 11.2. The Morgan fingerprint density at radius 3 is 2.44 bits per heavy atom. The molecule has 0 radical (unpaired) electrons. The van der Waals surface area contributed by atoms with E-state index in [4.69, 9.17) is 0 Å². The van der Waals surface area contributed by atoms with Gasteiger partial charge in [-0.15, -0.1) is 0 Å². The average molecular weight is 223 g/mol. The van der Waals surface area contributed by atoms with Gasteiger partial charge in [-0.05, 0) is 20.3 Å². The number of aryl methyl sites for hydroxylation is 2. The molecule has 0 aliphatic heterocycles. The molecule has 0 aliphatic carbocycles. The number of imidazole rings is 1. The molecular formula is C14H27N2+. The molecule has 2 nitrogen and oxygen atoms in total. The zero-order valence-corrected chi connectivity index (χ0v) is 11.2. The molecule has 1 rings (SSSR count). The normalized spacial score (nSPS) is 10.9. The fourth-order valence-electron chi connectivity index (χ4n) is 2.25. The van der Waals surface area contributed by atoms with Crippen molar-refractivity contribution in [2.45, 2.75) is 72.4 Å². The van der Waals surface area contributed by atoms with Crippen molar-refractivity contribution in [3.05, 3.63) is 18.2 Å². The molecule has 1 aromatic heterocycles. The SMILES string of the molecule is CCCCCCCc1n(CC)cc[n+]1CC. The second kappa shape index (κ2) is 7.48. The molecule has 0 spiro atoms. The smallest absolute Gasteiger partial charge is 0.235 e. The monoisotopic (exact) mass is 223 g/mol. The molecule has 0 saturated carbocycles. The Bertz CT molecular complexity index is 267. The van der Waals surface area contributed by atoms with Gasteiger partial charge in [0.05, 0.1) is 13.1 Å². The van der Waals surface area contributed by atoms with Crippen molar-refractivity contribution in [3.8, 4) is 0 Å². The van der Waals surface area contributed by atoms with Crippen molar-refractivity contribution in [2.75, 3.05) is 0 Å². The van der Waals surface area contributed by atoms with E-state index in [1.807, 2.05) is 0 Å². The van der Waals surface area contributed by atoms with E-state index >= 15 is 0 Å². The van der Waals surface area contributed by atoms with Crippen LogP contribution in [0.4, 0.5) is 0 Å². The molecule has 0 N–H and O–H groups in total. The highest BCUT2D eigenvalue weighted by molar-refractivity contribution is 4.83. The van der Waals surface area contributed by atoms with Gasteiger partial charge in [-0.1, -0.05) is 32.6 Å². The van der Waals surface area contributed by atoms with Gasteiger partial charge < -0.3 is 0 Å². The summed E-state index contributed by atoms with van der Waals surface area (Å²) in [7, 11) is 0. The minimum absolute atomic E-state index is 1.09. The fourth-order valence-corrected chi connectivity index (χ4v) is 2.25. The van der Waals surface area contributed by atoms with E-state index in [0.717, 1.165) is 13.1 Å². The van der Waals surface area contributed by atoms with Crippen LogP contribution in [0.1, 0.15) is 58.7 Å². The van der Waals surface area contributed by atoms with Crippen LogP contribution < -0.4 is 4.57 Å². The number of hydrogen-bond donors (Lipinski definition) is 0. The molecule has 2 heteroatoms. The predicted molar refractivity (Wildman–Crippen MR) is 68.4 cm³/mol. The topological polar surface area (TPSA) is 8.81 Å². The molecule has 0 aliphatic rings. The van der Waals surface area contributed by atoms with E-state index in [9.17, 15) is 0 Å². The first-order chi connectivity index (χ1) is 7.83. The molecule has 0 aromatic carbocycles. The Kier molecular flexibility index (Phi) is 6.20. The quantitative estimate of drug-likeness (QED) is 0.472. The van der Waals surface area contributed by atoms with Crippen LogP contribution in [0, 0.1) is 0 Å². The van der Waals surface area contributed by atoms with Crippen molar-refractivity contribution < 1.29 is 4.57 Å². The largest absolute Gasteiger partial charge is 0.256 e. The van der Waals surface area contributed by atoms with Crippen molar-refractivity contribution >= 4 is 0 Å². The molecule has 0 amide bonds. The number of aromatic nitrogens is 2. The highest BCUT2D eigenvalue weighted by Gasteiger charge is 2.13. The molecule has 1 heterocycles. The highest BCUT2D eigenvalue weighted by Crippen LogP contribution is 2.07. The lowest BCUT2D eigenvalue weighted by Gasteiger charge is -2.02. The van der Waals surface area contributed by atoms with E-state index in [2.05, 4.69) is 42.3 Å². The Morgan fingerprint density at radius 1 is 1.06 bits per heavy atom. The lowest BCUT2D eigenvalue weighted by Crippen LogP contribution is -2.35. The summed E-state index contributed by atoms with van der Waals surface area (Å²) in [5.41, 5.74) is 0. The predicted octanol–water partition coefficient (Wildman–Crippen LogP) is 3.33. The van der Waals surface area contributed by atoms with Gasteiger partial charge in [-0.2, -0.15) is 0 Å². The molecule has 0 saturated heterocycles. The summed E-state index contributed by atoms with van der Waals surface area (Å²) in [6.07, 6.45) is 12.5. The van der Waals surface area contributed by atoms with Gasteiger partial charge in [0.15, 0.2) is 0 Å². The molecule has 0 atom stereocenters. The van der Waals surface area contributed by atoms with Gasteiger partial charge >= 0.3 is 0 Å². The summed E-state index contributed by atoms with van der Waals surface area (Å²) >= 11 is 0. The van der Waals surface area contributed by atoms with E-state index in [1.54, 1.807) is 0 Å². The van der Waals surface area contributed by atoms with Crippen molar-refractivity contribution in [1.82, 2.24) is 4.57 Å². The van der Waals surface area contributed by atoms with E-state index in [0.29, 0.717) is 0 Å². The standard InChI is InChI=1S/C14H27N2/c1-4-7-8-9-10-11-14-15(5-2)12-13-16(14)6-3/h12-13H,4-11H2,1-3H3/q+1. The van der Waals surface area contributed by atoms with Gasteiger partial charge in [0, 0.05) is 6.42 Å². The van der Waals surface area contributed by atoms with Gasteiger partial charge in [0.2, 0.25) is 0 Å². The maximum atomic E-state index is 2.38. The number of hydrogen-bond acceptors (Lipinski definition) is 0. The zero-order chi connectivity index (χ0) is 11.8. The minimum Gasteiger partial charge on any atom is -0.235 e. The van der Waals surface area contributed by atoms with Gasteiger partial charge in [-0.3, -0.25) is 0 Å². The molecular weight excluding hydrogens is 196 g/mol. The lowest BCUT2D eigenvalue weighted by atomic mass is 10.1.